The molecule has 1 N–H and O–H groups in total. The molecule has 26 heavy (non-hydrogen) atoms. The second kappa shape index (κ2) is 8.39. The van der Waals surface area contributed by atoms with Crippen molar-refractivity contribution < 1.29 is 17.9 Å². The lowest BCUT2D eigenvalue weighted by Crippen LogP contribution is -2.47. The number of benzene rings is 1. The van der Waals surface area contributed by atoms with E-state index in [4.69, 9.17) is 4.74 Å². The number of carbonyl (C=O) groups is 1. The SMILES string of the molecule is COc1cccc(S(=O)(=O)N2CCCCCCNC(=O)[C@@H]3CCC[C@@H]32)c1. The van der Waals surface area contributed by atoms with Crippen LogP contribution in [0, 0.1) is 5.92 Å². The van der Waals surface area contributed by atoms with Gasteiger partial charge in [0.05, 0.1) is 17.9 Å². The molecule has 1 saturated heterocycles. The highest BCUT2D eigenvalue weighted by molar-refractivity contribution is 7.89. The summed E-state index contributed by atoms with van der Waals surface area (Å²) in [6.45, 7) is 1.15. The Balaban J connectivity index is 1.95. The van der Waals surface area contributed by atoms with Crippen LogP contribution in [0.25, 0.3) is 0 Å². The Kier molecular flexibility index (Phi) is 6.19. The molecule has 0 unspecified atom stereocenters. The van der Waals surface area contributed by atoms with Crippen LogP contribution < -0.4 is 10.1 Å². The van der Waals surface area contributed by atoms with Gasteiger partial charge in [-0.05, 0) is 37.8 Å². The van der Waals surface area contributed by atoms with E-state index in [1.165, 1.54) is 7.11 Å². The van der Waals surface area contributed by atoms with Crippen LogP contribution in [0.2, 0.25) is 0 Å². The summed E-state index contributed by atoms with van der Waals surface area (Å²) in [5, 5.41) is 3.00. The van der Waals surface area contributed by atoms with E-state index in [0.29, 0.717) is 18.8 Å². The van der Waals surface area contributed by atoms with Crippen LogP contribution in [0.3, 0.4) is 0 Å². The van der Waals surface area contributed by atoms with Crippen LogP contribution in [0.1, 0.15) is 44.9 Å². The lowest BCUT2D eigenvalue weighted by atomic mass is 10.0. The van der Waals surface area contributed by atoms with Crippen molar-refractivity contribution in [2.24, 2.45) is 5.92 Å². The highest BCUT2D eigenvalue weighted by Gasteiger charge is 2.42. The third kappa shape index (κ3) is 4.04. The van der Waals surface area contributed by atoms with Gasteiger partial charge in [-0.2, -0.15) is 4.31 Å². The number of methoxy groups -OCH3 is 1. The first-order valence-electron chi connectivity index (χ1n) is 9.47. The van der Waals surface area contributed by atoms with Crippen molar-refractivity contribution in [2.75, 3.05) is 20.2 Å². The molecule has 3 rings (SSSR count). The van der Waals surface area contributed by atoms with Crippen molar-refractivity contribution in [2.45, 2.75) is 55.9 Å². The molecule has 0 bridgehead atoms. The number of amides is 1. The Morgan fingerprint density at radius 3 is 2.73 bits per heavy atom. The zero-order valence-electron chi connectivity index (χ0n) is 15.3. The molecule has 7 heteroatoms. The van der Waals surface area contributed by atoms with Crippen LogP contribution in [0.15, 0.2) is 29.2 Å². The zero-order chi connectivity index (χ0) is 18.6. The van der Waals surface area contributed by atoms with Gasteiger partial charge in [0.2, 0.25) is 15.9 Å². The predicted molar refractivity (Wildman–Crippen MR) is 99.5 cm³/mol. The summed E-state index contributed by atoms with van der Waals surface area (Å²) in [6.07, 6.45) is 6.11. The highest BCUT2D eigenvalue weighted by atomic mass is 32.2. The van der Waals surface area contributed by atoms with Crippen molar-refractivity contribution in [1.29, 1.82) is 0 Å². The Morgan fingerprint density at radius 2 is 1.92 bits per heavy atom. The fourth-order valence-electron chi connectivity index (χ4n) is 4.04. The molecule has 0 radical (unpaired) electrons. The minimum atomic E-state index is -3.68. The minimum Gasteiger partial charge on any atom is -0.497 e. The number of hydrogen-bond donors (Lipinski definition) is 1. The average molecular weight is 381 g/mol. The van der Waals surface area contributed by atoms with E-state index >= 15 is 0 Å². The molecule has 1 aliphatic carbocycles. The number of hydrogen-bond acceptors (Lipinski definition) is 4. The maximum atomic E-state index is 13.4. The van der Waals surface area contributed by atoms with Crippen molar-refractivity contribution in [3.8, 4) is 5.75 Å². The molecule has 144 valence electrons. The van der Waals surface area contributed by atoms with Crippen molar-refractivity contribution in [3.63, 3.8) is 0 Å². The van der Waals surface area contributed by atoms with Gasteiger partial charge in [-0.3, -0.25) is 4.79 Å². The molecule has 1 heterocycles. The van der Waals surface area contributed by atoms with Crippen LogP contribution in [-0.2, 0) is 14.8 Å². The molecular formula is C19H28N2O4S. The molecule has 6 nitrogen and oxygen atoms in total. The predicted octanol–water partition coefficient (Wildman–Crippen LogP) is 2.54. The third-order valence-corrected chi connectivity index (χ3v) is 7.36. The van der Waals surface area contributed by atoms with Gasteiger partial charge in [0.25, 0.3) is 0 Å². The summed E-state index contributed by atoms with van der Waals surface area (Å²) in [7, 11) is -2.15. The summed E-state index contributed by atoms with van der Waals surface area (Å²) < 4.78 is 33.6. The van der Waals surface area contributed by atoms with E-state index in [2.05, 4.69) is 5.32 Å². The standard InChI is InChI=1S/C19H28N2O4S/c1-25-15-8-6-9-16(14-15)26(23,24)21-13-5-3-2-4-12-20-19(22)17-10-7-11-18(17)21/h6,8-9,14,17-18H,2-5,7,10-13H2,1H3,(H,20,22)/t17-,18+/m1/s1. The molecule has 0 aromatic heterocycles. The lowest BCUT2D eigenvalue weighted by Gasteiger charge is -2.31. The van der Waals surface area contributed by atoms with Crippen molar-refractivity contribution in [1.82, 2.24) is 9.62 Å². The number of carbonyl (C=O) groups excluding carboxylic acids is 1. The number of nitrogens with zero attached hydrogens (tertiary/aromatic N) is 1. The number of nitrogens with one attached hydrogen (secondary N) is 1. The first-order chi connectivity index (χ1) is 12.5. The van der Waals surface area contributed by atoms with E-state index in [0.717, 1.165) is 44.9 Å². The molecule has 1 aliphatic heterocycles. The molecule has 1 amide bonds. The topological polar surface area (TPSA) is 75.7 Å². The Hall–Kier alpha value is -1.60. The lowest BCUT2D eigenvalue weighted by molar-refractivity contribution is -0.125. The van der Waals surface area contributed by atoms with Gasteiger partial charge >= 0.3 is 0 Å². The number of sulfonamides is 1. The van der Waals surface area contributed by atoms with Gasteiger partial charge in [0.15, 0.2) is 0 Å². The van der Waals surface area contributed by atoms with Crippen LogP contribution >= 0.6 is 0 Å². The van der Waals surface area contributed by atoms with Gasteiger partial charge in [-0.15, -0.1) is 0 Å². The molecule has 2 fully saturated rings. The summed E-state index contributed by atoms with van der Waals surface area (Å²) in [4.78, 5) is 12.8. The van der Waals surface area contributed by atoms with E-state index in [1.54, 1.807) is 28.6 Å². The van der Waals surface area contributed by atoms with Crippen molar-refractivity contribution >= 4 is 15.9 Å². The maximum absolute atomic E-state index is 13.4. The Labute approximate surface area is 156 Å². The quantitative estimate of drug-likeness (QED) is 0.874. The van der Waals surface area contributed by atoms with Gasteiger partial charge in [0.1, 0.15) is 5.75 Å². The first kappa shape index (κ1) is 19.2. The van der Waals surface area contributed by atoms with Crippen LogP contribution in [0.4, 0.5) is 0 Å². The van der Waals surface area contributed by atoms with Gasteiger partial charge in [-0.25, -0.2) is 8.42 Å². The van der Waals surface area contributed by atoms with Crippen LogP contribution in [-0.4, -0.2) is 44.9 Å². The van der Waals surface area contributed by atoms with Crippen LogP contribution in [0.5, 0.6) is 5.75 Å². The summed E-state index contributed by atoms with van der Waals surface area (Å²) in [5.41, 5.74) is 0. The third-order valence-electron chi connectivity index (χ3n) is 5.44. The second-order valence-electron chi connectivity index (χ2n) is 7.10. The fourth-order valence-corrected chi connectivity index (χ4v) is 5.81. The number of fused-ring (bicyclic) bond motifs is 1. The van der Waals surface area contributed by atoms with Gasteiger partial charge < -0.3 is 10.1 Å². The van der Waals surface area contributed by atoms with Crippen molar-refractivity contribution in [3.05, 3.63) is 24.3 Å². The molecule has 2 aliphatic rings. The zero-order valence-corrected chi connectivity index (χ0v) is 16.1. The highest BCUT2D eigenvalue weighted by Crippen LogP contribution is 2.35. The Bertz CT molecular complexity index is 735. The summed E-state index contributed by atoms with van der Waals surface area (Å²) >= 11 is 0. The van der Waals surface area contributed by atoms with Gasteiger partial charge in [-0.1, -0.05) is 25.3 Å². The monoisotopic (exact) mass is 380 g/mol. The molecular weight excluding hydrogens is 352 g/mol. The first-order valence-corrected chi connectivity index (χ1v) is 10.9. The average Bonchev–Trinajstić information content (AvgIpc) is 3.11. The van der Waals surface area contributed by atoms with E-state index in [1.807, 2.05) is 0 Å². The molecule has 1 aromatic carbocycles. The van der Waals surface area contributed by atoms with E-state index < -0.39 is 10.0 Å². The van der Waals surface area contributed by atoms with E-state index in [-0.39, 0.29) is 22.8 Å². The Morgan fingerprint density at radius 1 is 1.12 bits per heavy atom. The number of rotatable bonds is 3. The maximum Gasteiger partial charge on any atom is 0.243 e. The second-order valence-corrected chi connectivity index (χ2v) is 9.00. The smallest absolute Gasteiger partial charge is 0.243 e. The normalized spacial score (nSPS) is 25.8. The molecule has 1 aromatic rings. The molecule has 2 atom stereocenters. The van der Waals surface area contributed by atoms with E-state index in [9.17, 15) is 13.2 Å². The minimum absolute atomic E-state index is 0.000224. The summed E-state index contributed by atoms with van der Waals surface area (Å²) in [5.74, 6) is 0.262. The molecule has 0 spiro atoms. The summed E-state index contributed by atoms with van der Waals surface area (Å²) in [6, 6.07) is 6.33. The largest absolute Gasteiger partial charge is 0.497 e. The van der Waals surface area contributed by atoms with Gasteiger partial charge in [0, 0.05) is 25.2 Å². The fraction of sp³-hybridized carbons (Fsp3) is 0.632. The molecule has 1 saturated carbocycles. The number of ether oxygens (including phenoxy) is 1.